The van der Waals surface area contributed by atoms with Gasteiger partial charge in [0.2, 0.25) is 5.91 Å². The number of carbonyl (C=O) groups is 1. The fourth-order valence-electron chi connectivity index (χ4n) is 2.35. The highest BCUT2D eigenvalue weighted by Gasteiger charge is 2.16. The maximum Gasteiger partial charge on any atom is 0.250 e. The van der Waals surface area contributed by atoms with Crippen LogP contribution in [0.1, 0.15) is 23.2 Å². The largest absolute Gasteiger partial charge is 0.385 e. The number of nitrogens with two attached hydrogens (primary N) is 1. The normalized spacial score (nSPS) is 17.4. The van der Waals surface area contributed by atoms with E-state index in [9.17, 15) is 4.79 Å². The Balaban J connectivity index is 1.89. The molecule has 0 atom stereocenters. The monoisotopic (exact) mass is 281 g/mol. The molecule has 3 N–H and O–H groups in total. The van der Waals surface area contributed by atoms with E-state index in [2.05, 4.69) is 17.3 Å². The van der Waals surface area contributed by atoms with Crippen LogP contribution in [0.3, 0.4) is 0 Å². The van der Waals surface area contributed by atoms with Gasteiger partial charge in [-0.05, 0) is 57.1 Å². The maximum atomic E-state index is 11.1. The number of piperidine rings is 1. The van der Waals surface area contributed by atoms with Crippen LogP contribution in [0.15, 0.2) is 18.2 Å². The van der Waals surface area contributed by atoms with Crippen LogP contribution >= 0.6 is 11.6 Å². The summed E-state index contributed by atoms with van der Waals surface area (Å²) in [7, 11) is 2.16. The molecule has 0 saturated carbocycles. The minimum atomic E-state index is -0.494. The highest BCUT2D eigenvalue weighted by molar-refractivity contribution is 6.34. The second-order valence-corrected chi connectivity index (χ2v) is 5.59. The van der Waals surface area contributed by atoms with Crippen molar-refractivity contribution >= 4 is 23.2 Å². The standard InChI is InChI=1S/C14H20ClN3O/c1-18-6-4-10(5-7-18)9-17-11-2-3-12(14(16)19)13(15)8-11/h2-3,8,10,17H,4-7,9H2,1H3,(H2,16,19). The molecule has 1 amide bonds. The lowest BCUT2D eigenvalue weighted by atomic mass is 9.97. The third-order valence-corrected chi connectivity index (χ3v) is 3.98. The minimum absolute atomic E-state index is 0.367. The van der Waals surface area contributed by atoms with E-state index in [1.165, 1.54) is 12.8 Å². The molecule has 1 aromatic rings. The molecule has 1 aliphatic heterocycles. The predicted octanol–water partition coefficient (Wildman–Crippen LogP) is 2.19. The lowest BCUT2D eigenvalue weighted by molar-refractivity contribution is 0.100. The number of anilines is 1. The molecule has 0 unspecified atom stereocenters. The summed E-state index contributed by atoms with van der Waals surface area (Å²) in [5.41, 5.74) is 6.53. The quantitative estimate of drug-likeness (QED) is 0.889. The number of nitrogens with zero attached hydrogens (tertiary/aromatic N) is 1. The highest BCUT2D eigenvalue weighted by atomic mass is 35.5. The van der Waals surface area contributed by atoms with Gasteiger partial charge in [-0.15, -0.1) is 0 Å². The van der Waals surface area contributed by atoms with Crippen molar-refractivity contribution in [3.8, 4) is 0 Å². The van der Waals surface area contributed by atoms with Gasteiger partial charge in [-0.25, -0.2) is 0 Å². The van der Waals surface area contributed by atoms with Gasteiger partial charge in [-0.2, -0.15) is 0 Å². The smallest absolute Gasteiger partial charge is 0.250 e. The number of rotatable bonds is 4. The lowest BCUT2D eigenvalue weighted by Gasteiger charge is -2.29. The number of carbonyl (C=O) groups excluding carboxylic acids is 1. The Hall–Kier alpha value is -1.26. The van der Waals surface area contributed by atoms with E-state index in [1.54, 1.807) is 12.1 Å². The first kappa shape index (κ1) is 14.2. The molecular weight excluding hydrogens is 262 g/mol. The molecule has 1 aromatic carbocycles. The molecule has 0 spiro atoms. The highest BCUT2D eigenvalue weighted by Crippen LogP contribution is 2.22. The minimum Gasteiger partial charge on any atom is -0.385 e. The Morgan fingerprint density at radius 1 is 1.47 bits per heavy atom. The number of primary amides is 1. The second-order valence-electron chi connectivity index (χ2n) is 5.19. The van der Waals surface area contributed by atoms with Crippen molar-refractivity contribution in [1.82, 2.24) is 4.90 Å². The van der Waals surface area contributed by atoms with E-state index in [4.69, 9.17) is 17.3 Å². The van der Waals surface area contributed by atoms with Crippen LogP contribution < -0.4 is 11.1 Å². The van der Waals surface area contributed by atoms with Crippen molar-refractivity contribution in [3.05, 3.63) is 28.8 Å². The SMILES string of the molecule is CN1CCC(CNc2ccc(C(N)=O)c(Cl)c2)CC1. The molecule has 0 bridgehead atoms. The number of hydrogen-bond donors (Lipinski definition) is 2. The molecule has 104 valence electrons. The Morgan fingerprint density at radius 2 is 2.16 bits per heavy atom. The molecule has 1 fully saturated rings. The first-order valence-corrected chi connectivity index (χ1v) is 6.96. The van der Waals surface area contributed by atoms with Gasteiger partial charge in [0.1, 0.15) is 0 Å². The average Bonchev–Trinajstić information content (AvgIpc) is 2.37. The third kappa shape index (κ3) is 3.85. The maximum absolute atomic E-state index is 11.1. The van der Waals surface area contributed by atoms with Gasteiger partial charge >= 0.3 is 0 Å². The van der Waals surface area contributed by atoms with E-state index in [-0.39, 0.29) is 0 Å². The van der Waals surface area contributed by atoms with Crippen LogP contribution in [0.25, 0.3) is 0 Å². The number of halogens is 1. The van der Waals surface area contributed by atoms with Crippen LogP contribution in [-0.4, -0.2) is 37.5 Å². The summed E-state index contributed by atoms with van der Waals surface area (Å²) in [6, 6.07) is 5.28. The molecule has 1 saturated heterocycles. The van der Waals surface area contributed by atoms with E-state index in [1.807, 2.05) is 6.07 Å². The van der Waals surface area contributed by atoms with Crippen molar-refractivity contribution in [2.24, 2.45) is 11.7 Å². The van der Waals surface area contributed by atoms with Crippen LogP contribution in [-0.2, 0) is 0 Å². The van der Waals surface area contributed by atoms with Crippen LogP contribution in [0, 0.1) is 5.92 Å². The van der Waals surface area contributed by atoms with Crippen LogP contribution in [0.2, 0.25) is 5.02 Å². The van der Waals surface area contributed by atoms with Crippen molar-refractivity contribution in [1.29, 1.82) is 0 Å². The van der Waals surface area contributed by atoms with Gasteiger partial charge in [0.25, 0.3) is 0 Å². The summed E-state index contributed by atoms with van der Waals surface area (Å²) >= 11 is 6.02. The fourth-order valence-corrected chi connectivity index (χ4v) is 2.63. The summed E-state index contributed by atoms with van der Waals surface area (Å²) < 4.78 is 0. The predicted molar refractivity (Wildman–Crippen MR) is 78.7 cm³/mol. The zero-order valence-electron chi connectivity index (χ0n) is 11.2. The molecule has 0 aliphatic carbocycles. The summed E-state index contributed by atoms with van der Waals surface area (Å²) in [4.78, 5) is 13.4. The summed E-state index contributed by atoms with van der Waals surface area (Å²) in [5, 5.41) is 3.78. The summed E-state index contributed by atoms with van der Waals surface area (Å²) in [6.07, 6.45) is 2.44. The number of benzene rings is 1. The molecular formula is C14H20ClN3O. The number of likely N-dealkylation sites (tertiary alicyclic amines) is 1. The molecule has 19 heavy (non-hydrogen) atoms. The van der Waals surface area contributed by atoms with Gasteiger partial charge in [0.15, 0.2) is 0 Å². The van der Waals surface area contributed by atoms with E-state index in [0.29, 0.717) is 16.5 Å². The van der Waals surface area contributed by atoms with E-state index in [0.717, 1.165) is 25.3 Å². The van der Waals surface area contributed by atoms with Crippen LogP contribution in [0.4, 0.5) is 5.69 Å². The average molecular weight is 282 g/mol. The van der Waals surface area contributed by atoms with Crippen molar-refractivity contribution < 1.29 is 4.79 Å². The molecule has 4 nitrogen and oxygen atoms in total. The van der Waals surface area contributed by atoms with Crippen LogP contribution in [0.5, 0.6) is 0 Å². The first-order valence-electron chi connectivity index (χ1n) is 6.58. The van der Waals surface area contributed by atoms with Gasteiger partial charge in [0, 0.05) is 12.2 Å². The summed E-state index contributed by atoms with van der Waals surface area (Å²) in [5.74, 6) is 0.206. The molecule has 1 heterocycles. The Labute approximate surface area is 118 Å². The Kier molecular flexibility index (Phi) is 4.66. The molecule has 2 rings (SSSR count). The molecule has 0 radical (unpaired) electrons. The van der Waals surface area contributed by atoms with Gasteiger partial charge < -0.3 is 16.0 Å². The third-order valence-electron chi connectivity index (χ3n) is 3.67. The van der Waals surface area contributed by atoms with E-state index >= 15 is 0 Å². The van der Waals surface area contributed by atoms with Gasteiger partial charge in [-0.3, -0.25) is 4.79 Å². The van der Waals surface area contributed by atoms with Crippen molar-refractivity contribution in [3.63, 3.8) is 0 Å². The van der Waals surface area contributed by atoms with Crippen molar-refractivity contribution in [2.45, 2.75) is 12.8 Å². The first-order chi connectivity index (χ1) is 9.06. The number of hydrogen-bond acceptors (Lipinski definition) is 3. The van der Waals surface area contributed by atoms with Gasteiger partial charge in [0.05, 0.1) is 10.6 Å². The molecule has 5 heteroatoms. The second kappa shape index (κ2) is 6.26. The lowest BCUT2D eigenvalue weighted by Crippen LogP contribution is -2.32. The zero-order valence-corrected chi connectivity index (χ0v) is 11.9. The number of nitrogens with one attached hydrogen (secondary N) is 1. The van der Waals surface area contributed by atoms with Gasteiger partial charge in [-0.1, -0.05) is 11.6 Å². The Bertz CT molecular complexity index is 456. The summed E-state index contributed by atoms with van der Waals surface area (Å²) in [6.45, 7) is 3.27. The fraction of sp³-hybridized carbons (Fsp3) is 0.500. The Morgan fingerprint density at radius 3 is 2.74 bits per heavy atom. The molecule has 1 aliphatic rings. The van der Waals surface area contributed by atoms with E-state index < -0.39 is 5.91 Å². The topological polar surface area (TPSA) is 58.4 Å². The molecule has 0 aromatic heterocycles. The number of amides is 1. The van der Waals surface area contributed by atoms with Crippen molar-refractivity contribution in [2.75, 3.05) is 32.0 Å². The zero-order chi connectivity index (χ0) is 13.8.